The van der Waals surface area contributed by atoms with Gasteiger partial charge in [0.1, 0.15) is 0 Å². The number of amidine groups is 1. The third-order valence-corrected chi connectivity index (χ3v) is 5.85. The van der Waals surface area contributed by atoms with Gasteiger partial charge in [-0.05, 0) is 12.8 Å². The summed E-state index contributed by atoms with van der Waals surface area (Å²) >= 11 is 0. The molecule has 0 saturated heterocycles. The smallest absolute Gasteiger partial charge is 0.0967 e. The van der Waals surface area contributed by atoms with Gasteiger partial charge >= 0.3 is 0 Å². The standard InChI is InChI=1S/C24H48N2O/c1-2-3-4-5-6-7-8-9-10-11-12-13-14-15-16-17-19-23-22-25-24(26-23)20-18-21-27/h23,27H,2-22H2,1H3,(H,25,26). The second-order valence-electron chi connectivity index (χ2n) is 8.55. The van der Waals surface area contributed by atoms with Gasteiger partial charge in [0.15, 0.2) is 0 Å². The monoisotopic (exact) mass is 380 g/mol. The van der Waals surface area contributed by atoms with Gasteiger partial charge in [0.25, 0.3) is 0 Å². The van der Waals surface area contributed by atoms with Crippen molar-refractivity contribution in [1.29, 1.82) is 0 Å². The topological polar surface area (TPSA) is 44.6 Å². The zero-order chi connectivity index (χ0) is 19.4. The highest BCUT2D eigenvalue weighted by Gasteiger charge is 2.15. The predicted octanol–water partition coefficient (Wildman–Crippen LogP) is 6.78. The van der Waals surface area contributed by atoms with Crippen molar-refractivity contribution >= 4 is 5.84 Å². The van der Waals surface area contributed by atoms with Crippen LogP contribution in [0.15, 0.2) is 4.99 Å². The molecule has 1 heterocycles. The first-order valence-electron chi connectivity index (χ1n) is 12.3. The third kappa shape index (κ3) is 15.1. The molecule has 1 unspecified atom stereocenters. The zero-order valence-corrected chi connectivity index (χ0v) is 18.3. The predicted molar refractivity (Wildman–Crippen MR) is 120 cm³/mol. The number of nitrogens with zero attached hydrogens (tertiary/aromatic N) is 1. The minimum atomic E-state index is 0.268. The van der Waals surface area contributed by atoms with Gasteiger partial charge in [-0.2, -0.15) is 0 Å². The fraction of sp³-hybridized carbons (Fsp3) is 0.958. The average molecular weight is 381 g/mol. The van der Waals surface area contributed by atoms with E-state index >= 15 is 0 Å². The Labute approximate surface area is 169 Å². The van der Waals surface area contributed by atoms with E-state index in [2.05, 4.69) is 17.2 Å². The van der Waals surface area contributed by atoms with E-state index in [1.165, 1.54) is 109 Å². The van der Waals surface area contributed by atoms with Crippen LogP contribution >= 0.6 is 0 Å². The summed E-state index contributed by atoms with van der Waals surface area (Å²) in [4.78, 5) is 4.54. The minimum absolute atomic E-state index is 0.268. The van der Waals surface area contributed by atoms with Gasteiger partial charge in [0.05, 0.1) is 12.4 Å². The van der Waals surface area contributed by atoms with E-state index in [0.29, 0.717) is 6.04 Å². The summed E-state index contributed by atoms with van der Waals surface area (Å²) in [6.45, 7) is 3.50. The lowest BCUT2D eigenvalue weighted by Gasteiger charge is -2.11. The van der Waals surface area contributed by atoms with Gasteiger partial charge in [0, 0.05) is 19.1 Å². The molecule has 0 bridgehead atoms. The van der Waals surface area contributed by atoms with Gasteiger partial charge in [-0.1, -0.05) is 110 Å². The summed E-state index contributed by atoms with van der Waals surface area (Å²) in [6, 6.07) is 0.560. The SMILES string of the molecule is CCCCCCCCCCCCCCCCCCC1CN=C(CCCO)N1. The van der Waals surface area contributed by atoms with Crippen molar-refractivity contribution in [2.75, 3.05) is 13.2 Å². The number of aliphatic hydroxyl groups is 1. The molecule has 3 heteroatoms. The summed E-state index contributed by atoms with van der Waals surface area (Å²) < 4.78 is 0. The van der Waals surface area contributed by atoms with Crippen LogP contribution in [0, 0.1) is 0 Å². The second-order valence-corrected chi connectivity index (χ2v) is 8.55. The number of nitrogens with one attached hydrogen (secondary N) is 1. The van der Waals surface area contributed by atoms with Crippen LogP contribution in [0.25, 0.3) is 0 Å². The molecule has 0 spiro atoms. The Morgan fingerprint density at radius 1 is 0.741 bits per heavy atom. The number of unbranched alkanes of at least 4 members (excludes halogenated alkanes) is 15. The number of aliphatic imine (C=N–C) groups is 1. The van der Waals surface area contributed by atoms with Crippen molar-refractivity contribution in [3.63, 3.8) is 0 Å². The van der Waals surface area contributed by atoms with Crippen LogP contribution in [0.4, 0.5) is 0 Å². The largest absolute Gasteiger partial charge is 0.396 e. The first kappa shape index (κ1) is 24.5. The molecule has 0 amide bonds. The molecule has 2 N–H and O–H groups in total. The molecule has 1 rings (SSSR count). The van der Waals surface area contributed by atoms with Crippen LogP contribution < -0.4 is 5.32 Å². The minimum Gasteiger partial charge on any atom is -0.396 e. The molecule has 0 aliphatic carbocycles. The van der Waals surface area contributed by atoms with Gasteiger partial charge in [-0.25, -0.2) is 0 Å². The van der Waals surface area contributed by atoms with Crippen molar-refractivity contribution in [1.82, 2.24) is 5.32 Å². The molecule has 1 aliphatic rings. The maximum Gasteiger partial charge on any atom is 0.0967 e. The summed E-state index contributed by atoms with van der Waals surface area (Å²) in [5, 5.41) is 12.4. The fourth-order valence-corrected chi connectivity index (χ4v) is 4.05. The molecule has 3 nitrogen and oxygen atoms in total. The molecule has 1 atom stereocenters. The lowest BCUT2D eigenvalue weighted by Crippen LogP contribution is -2.30. The summed E-state index contributed by atoms with van der Waals surface area (Å²) in [5.41, 5.74) is 0. The van der Waals surface area contributed by atoms with E-state index < -0.39 is 0 Å². The van der Waals surface area contributed by atoms with E-state index in [1.807, 2.05) is 0 Å². The lowest BCUT2D eigenvalue weighted by molar-refractivity contribution is 0.291. The lowest BCUT2D eigenvalue weighted by atomic mass is 10.0. The summed E-state index contributed by atoms with van der Waals surface area (Å²) in [7, 11) is 0. The molecule has 0 radical (unpaired) electrons. The Balaban J connectivity index is 1.72. The van der Waals surface area contributed by atoms with Crippen LogP contribution in [-0.2, 0) is 0 Å². The van der Waals surface area contributed by atoms with Crippen LogP contribution in [0.5, 0.6) is 0 Å². The van der Waals surface area contributed by atoms with Crippen LogP contribution in [0.3, 0.4) is 0 Å². The van der Waals surface area contributed by atoms with E-state index in [1.54, 1.807) is 0 Å². The van der Waals surface area contributed by atoms with Crippen LogP contribution in [-0.4, -0.2) is 30.1 Å². The number of rotatable bonds is 20. The second kappa shape index (κ2) is 18.8. The summed E-state index contributed by atoms with van der Waals surface area (Å²) in [5.74, 6) is 1.12. The number of hydrogen-bond acceptors (Lipinski definition) is 3. The average Bonchev–Trinajstić information content (AvgIpc) is 3.13. The number of hydrogen-bond donors (Lipinski definition) is 2. The highest BCUT2D eigenvalue weighted by molar-refractivity contribution is 5.83. The highest BCUT2D eigenvalue weighted by Crippen LogP contribution is 2.15. The third-order valence-electron chi connectivity index (χ3n) is 5.85. The Morgan fingerprint density at radius 3 is 1.70 bits per heavy atom. The molecule has 0 aromatic carbocycles. The Kier molecular flexibility index (Phi) is 17.0. The van der Waals surface area contributed by atoms with Crippen LogP contribution in [0.1, 0.15) is 129 Å². The van der Waals surface area contributed by atoms with Crippen molar-refractivity contribution in [3.8, 4) is 0 Å². The van der Waals surface area contributed by atoms with E-state index in [-0.39, 0.29) is 6.61 Å². The van der Waals surface area contributed by atoms with Gasteiger partial charge < -0.3 is 10.4 Å². The first-order chi connectivity index (χ1) is 13.4. The Hall–Kier alpha value is -0.570. The fourth-order valence-electron chi connectivity index (χ4n) is 4.05. The van der Waals surface area contributed by atoms with Gasteiger partial charge in [0.2, 0.25) is 0 Å². The quantitative estimate of drug-likeness (QED) is 0.229. The summed E-state index contributed by atoms with van der Waals surface area (Å²) in [6.07, 6.45) is 25.9. The highest BCUT2D eigenvalue weighted by atomic mass is 16.2. The first-order valence-corrected chi connectivity index (χ1v) is 12.3. The van der Waals surface area contributed by atoms with Crippen molar-refractivity contribution < 1.29 is 5.11 Å². The molecule has 0 saturated carbocycles. The molecule has 0 aromatic rings. The Morgan fingerprint density at radius 2 is 1.22 bits per heavy atom. The van der Waals surface area contributed by atoms with E-state index in [4.69, 9.17) is 5.11 Å². The molecular weight excluding hydrogens is 332 g/mol. The Bertz CT molecular complexity index is 343. The van der Waals surface area contributed by atoms with Crippen LogP contribution in [0.2, 0.25) is 0 Å². The molecule has 160 valence electrons. The molecule has 0 fully saturated rings. The van der Waals surface area contributed by atoms with Gasteiger partial charge in [-0.3, -0.25) is 4.99 Å². The van der Waals surface area contributed by atoms with Crippen molar-refractivity contribution in [2.24, 2.45) is 4.99 Å². The molecule has 1 aliphatic heterocycles. The van der Waals surface area contributed by atoms with E-state index in [0.717, 1.165) is 25.2 Å². The maximum atomic E-state index is 8.87. The zero-order valence-electron chi connectivity index (χ0n) is 18.3. The maximum absolute atomic E-state index is 8.87. The van der Waals surface area contributed by atoms with Gasteiger partial charge in [-0.15, -0.1) is 0 Å². The molecule has 27 heavy (non-hydrogen) atoms. The van der Waals surface area contributed by atoms with E-state index in [9.17, 15) is 0 Å². The number of aliphatic hydroxyl groups excluding tert-OH is 1. The van der Waals surface area contributed by atoms with Crippen molar-refractivity contribution in [2.45, 2.75) is 135 Å². The normalized spacial score (nSPS) is 16.5. The molecule has 0 aromatic heterocycles. The van der Waals surface area contributed by atoms with Crippen molar-refractivity contribution in [3.05, 3.63) is 0 Å². The molecular formula is C24H48N2O.